The first-order valence-corrected chi connectivity index (χ1v) is 24.3. The van der Waals surface area contributed by atoms with E-state index in [1.807, 2.05) is 24.3 Å². The molecule has 5 heterocycles. The van der Waals surface area contributed by atoms with Crippen LogP contribution in [-0.2, 0) is 0 Å². The summed E-state index contributed by atoms with van der Waals surface area (Å²) < 4.78 is 17.7. The highest BCUT2D eigenvalue weighted by Crippen LogP contribution is 2.43. The number of rotatable bonds is 6. The van der Waals surface area contributed by atoms with Crippen LogP contribution in [0.1, 0.15) is 0 Å². The van der Waals surface area contributed by atoms with Gasteiger partial charge < -0.3 is 13.4 Å². The summed E-state index contributed by atoms with van der Waals surface area (Å²) in [6, 6.07) is 79.6. The van der Waals surface area contributed by atoms with Crippen molar-refractivity contribution in [3.63, 3.8) is 0 Å². The Hall–Kier alpha value is -9.10. The summed E-state index contributed by atoms with van der Waals surface area (Å²) in [7, 11) is 0. The molecular weight excluding hydrogens is 875 g/mol. The third kappa shape index (κ3) is 6.10. The number of para-hydroxylation sites is 3. The van der Waals surface area contributed by atoms with Gasteiger partial charge in [0, 0.05) is 74.9 Å². The summed E-state index contributed by atoms with van der Waals surface area (Å²) in [6.07, 6.45) is 0. The zero-order valence-corrected chi connectivity index (χ0v) is 38.2. The van der Waals surface area contributed by atoms with E-state index in [9.17, 15) is 0 Å². The van der Waals surface area contributed by atoms with E-state index in [1.54, 1.807) is 11.3 Å². The van der Waals surface area contributed by atoms with Crippen LogP contribution in [-0.4, -0.2) is 14.5 Å². The van der Waals surface area contributed by atoms with Crippen molar-refractivity contribution >= 4 is 97.2 Å². The molecule has 5 aromatic heterocycles. The Morgan fingerprint density at radius 2 is 0.900 bits per heavy atom. The molecule has 0 saturated carbocycles. The van der Waals surface area contributed by atoms with Gasteiger partial charge >= 0.3 is 0 Å². The second kappa shape index (κ2) is 15.2. The Morgan fingerprint density at radius 1 is 0.329 bits per heavy atom. The first-order valence-electron chi connectivity index (χ1n) is 23.5. The van der Waals surface area contributed by atoms with Crippen LogP contribution < -0.4 is 0 Å². The van der Waals surface area contributed by atoms with E-state index < -0.39 is 0 Å². The molecule has 0 saturated heterocycles. The molecule has 70 heavy (non-hydrogen) atoms. The standard InChI is InChI=1S/C64H37N3O2S/c1-3-12-38(13-4-1)53-37-54(43-25-29-48-47-17-8-10-20-57(47)68-60(48)35-43)66-64(65-53)51-18-11-21-61-63(51)50-30-24-42(36-62(50)70-61)41-23-28-49-52-32-39(26-31-58(52)69-59(49)34-41)40-22-27-46-45-16-7-9-19-55(45)67(56(46)33-40)44-14-5-2-6-15-44/h1-37H. The number of thiophene rings is 1. The molecule has 0 N–H and O–H groups in total. The summed E-state index contributed by atoms with van der Waals surface area (Å²) in [5, 5.41) is 9.22. The smallest absolute Gasteiger partial charge is 0.161 e. The van der Waals surface area contributed by atoms with Gasteiger partial charge in [-0.1, -0.05) is 140 Å². The van der Waals surface area contributed by atoms with Crippen LogP contribution in [0.2, 0.25) is 0 Å². The topological polar surface area (TPSA) is 57.0 Å². The van der Waals surface area contributed by atoms with Crippen molar-refractivity contribution in [2.75, 3.05) is 0 Å². The monoisotopic (exact) mass is 911 g/mol. The number of hydrogen-bond acceptors (Lipinski definition) is 5. The quantitative estimate of drug-likeness (QED) is 0.167. The summed E-state index contributed by atoms with van der Waals surface area (Å²) in [6.45, 7) is 0. The molecule has 5 nitrogen and oxygen atoms in total. The number of benzene rings is 10. The lowest BCUT2D eigenvalue weighted by molar-refractivity contribution is 0.668. The molecule has 0 amide bonds. The maximum Gasteiger partial charge on any atom is 0.161 e. The molecule has 0 atom stereocenters. The van der Waals surface area contributed by atoms with Gasteiger partial charge in [0.2, 0.25) is 0 Å². The van der Waals surface area contributed by atoms with E-state index in [2.05, 4.69) is 205 Å². The molecule has 15 rings (SSSR count). The molecule has 326 valence electrons. The summed E-state index contributed by atoms with van der Waals surface area (Å²) in [5.41, 5.74) is 16.3. The van der Waals surface area contributed by atoms with E-state index in [-0.39, 0.29) is 0 Å². The lowest BCUT2D eigenvalue weighted by Gasteiger charge is -2.10. The Labute approximate surface area is 404 Å². The lowest BCUT2D eigenvalue weighted by Crippen LogP contribution is -1.96. The van der Waals surface area contributed by atoms with Gasteiger partial charge in [-0.15, -0.1) is 11.3 Å². The van der Waals surface area contributed by atoms with Crippen LogP contribution in [0.4, 0.5) is 0 Å². The minimum absolute atomic E-state index is 0.685. The van der Waals surface area contributed by atoms with Gasteiger partial charge in [-0.25, -0.2) is 9.97 Å². The van der Waals surface area contributed by atoms with Gasteiger partial charge in [0.05, 0.1) is 22.4 Å². The minimum Gasteiger partial charge on any atom is -0.456 e. The molecule has 0 spiro atoms. The van der Waals surface area contributed by atoms with Gasteiger partial charge in [0.15, 0.2) is 5.82 Å². The molecule has 6 heteroatoms. The normalized spacial score (nSPS) is 12.0. The molecule has 0 aliphatic heterocycles. The zero-order chi connectivity index (χ0) is 45.9. The third-order valence-electron chi connectivity index (χ3n) is 14.0. The molecule has 0 radical (unpaired) electrons. The van der Waals surface area contributed by atoms with Crippen molar-refractivity contribution in [3.05, 3.63) is 224 Å². The first-order chi connectivity index (χ1) is 34.6. The predicted octanol–water partition coefficient (Wildman–Crippen LogP) is 18.1. The highest BCUT2D eigenvalue weighted by Gasteiger charge is 2.19. The summed E-state index contributed by atoms with van der Waals surface area (Å²) in [4.78, 5) is 10.6. The largest absolute Gasteiger partial charge is 0.456 e. The molecule has 0 bridgehead atoms. The third-order valence-corrected chi connectivity index (χ3v) is 15.2. The van der Waals surface area contributed by atoms with Crippen LogP contribution in [0.15, 0.2) is 233 Å². The van der Waals surface area contributed by atoms with E-state index >= 15 is 0 Å². The van der Waals surface area contributed by atoms with Crippen LogP contribution in [0.25, 0.3) is 148 Å². The van der Waals surface area contributed by atoms with Gasteiger partial charge in [0.25, 0.3) is 0 Å². The van der Waals surface area contributed by atoms with E-state index in [4.69, 9.17) is 18.8 Å². The molecule has 0 aliphatic rings. The van der Waals surface area contributed by atoms with Crippen molar-refractivity contribution in [1.82, 2.24) is 14.5 Å². The Kier molecular flexibility index (Phi) is 8.46. The average molecular weight is 912 g/mol. The number of aromatic nitrogens is 3. The maximum atomic E-state index is 6.59. The fraction of sp³-hybridized carbons (Fsp3) is 0. The van der Waals surface area contributed by atoms with Crippen LogP contribution >= 0.6 is 11.3 Å². The van der Waals surface area contributed by atoms with Crippen LogP contribution in [0.5, 0.6) is 0 Å². The number of fused-ring (bicyclic) bond motifs is 12. The number of nitrogens with zero attached hydrogens (tertiary/aromatic N) is 3. The maximum absolute atomic E-state index is 6.59. The number of hydrogen-bond donors (Lipinski definition) is 0. The van der Waals surface area contributed by atoms with Gasteiger partial charge in [0.1, 0.15) is 22.3 Å². The molecule has 15 aromatic rings. The van der Waals surface area contributed by atoms with Crippen molar-refractivity contribution in [2.24, 2.45) is 0 Å². The molecule has 0 unspecified atom stereocenters. The SMILES string of the molecule is c1ccc(-c2cc(-c3ccc4c(c3)oc3ccccc34)nc(-c3cccc4sc5cc(-c6ccc7c(c6)oc6ccc(-c8ccc9c%10ccccc%10n(-c%10ccccc%10)c9c8)cc67)ccc5c34)n2)cc1. The molecule has 0 fully saturated rings. The Morgan fingerprint density at radius 3 is 1.73 bits per heavy atom. The van der Waals surface area contributed by atoms with Crippen LogP contribution in [0.3, 0.4) is 0 Å². The van der Waals surface area contributed by atoms with E-state index in [0.717, 1.165) is 105 Å². The minimum atomic E-state index is 0.685. The fourth-order valence-corrected chi connectivity index (χ4v) is 11.9. The number of furan rings is 2. The van der Waals surface area contributed by atoms with Gasteiger partial charge in [-0.05, 0) is 107 Å². The summed E-state index contributed by atoms with van der Waals surface area (Å²) in [5.74, 6) is 0.685. The summed E-state index contributed by atoms with van der Waals surface area (Å²) >= 11 is 1.80. The van der Waals surface area contributed by atoms with Gasteiger partial charge in [-0.3, -0.25) is 0 Å². The highest BCUT2D eigenvalue weighted by molar-refractivity contribution is 7.26. The lowest BCUT2D eigenvalue weighted by atomic mass is 9.99. The fourth-order valence-electron chi connectivity index (χ4n) is 10.7. The van der Waals surface area contributed by atoms with Crippen molar-refractivity contribution in [2.45, 2.75) is 0 Å². The van der Waals surface area contributed by atoms with E-state index in [0.29, 0.717) is 5.82 Å². The highest BCUT2D eigenvalue weighted by atomic mass is 32.1. The zero-order valence-electron chi connectivity index (χ0n) is 37.4. The average Bonchev–Trinajstić information content (AvgIpc) is 4.19. The Bertz CT molecular complexity index is 4600. The van der Waals surface area contributed by atoms with Crippen molar-refractivity contribution in [1.29, 1.82) is 0 Å². The predicted molar refractivity (Wildman–Crippen MR) is 291 cm³/mol. The second-order valence-electron chi connectivity index (χ2n) is 18.1. The molecule has 10 aromatic carbocycles. The van der Waals surface area contributed by atoms with E-state index in [1.165, 1.54) is 36.6 Å². The molecule has 0 aliphatic carbocycles. The van der Waals surface area contributed by atoms with Crippen molar-refractivity contribution < 1.29 is 8.83 Å². The van der Waals surface area contributed by atoms with Gasteiger partial charge in [-0.2, -0.15) is 0 Å². The first kappa shape index (κ1) is 38.9. The Balaban J connectivity index is 0.802. The van der Waals surface area contributed by atoms with Crippen LogP contribution in [0, 0.1) is 0 Å². The molecular formula is C64H37N3O2S. The van der Waals surface area contributed by atoms with Crippen molar-refractivity contribution in [3.8, 4) is 61.8 Å². The second-order valence-corrected chi connectivity index (χ2v) is 19.2.